The van der Waals surface area contributed by atoms with E-state index in [0.717, 1.165) is 0 Å². The van der Waals surface area contributed by atoms with Crippen molar-refractivity contribution in [2.75, 3.05) is 0 Å². The highest BCUT2D eigenvalue weighted by Crippen LogP contribution is 2.32. The molecule has 1 N–H and O–H groups in total. The van der Waals surface area contributed by atoms with E-state index in [2.05, 4.69) is 4.98 Å². The van der Waals surface area contributed by atoms with Crippen molar-refractivity contribution in [2.45, 2.75) is 39.9 Å². The van der Waals surface area contributed by atoms with Gasteiger partial charge in [-0.1, -0.05) is 0 Å². The molecule has 4 rings (SSSR count). The molecule has 0 saturated heterocycles. The first kappa shape index (κ1) is 24.0. The third kappa shape index (κ3) is 4.47. The zero-order chi connectivity index (χ0) is 25.5. The third-order valence-electron chi connectivity index (χ3n) is 5.33. The summed E-state index contributed by atoms with van der Waals surface area (Å²) < 4.78 is 18.2. The molecule has 0 aliphatic carbocycles. The number of fused-ring (bicyclic) bond motifs is 1. The van der Waals surface area contributed by atoms with Crippen LogP contribution in [0.4, 0.5) is 4.79 Å². The molecule has 182 valence electrons. The highest BCUT2D eigenvalue weighted by molar-refractivity contribution is 5.82. The number of aromatic nitrogens is 3. The number of ether oxygens (including phenoxy) is 2. The molecule has 10 heteroatoms. The van der Waals surface area contributed by atoms with Crippen LogP contribution in [0.2, 0.25) is 0 Å². The molecule has 0 unspecified atom stereocenters. The van der Waals surface area contributed by atoms with Crippen LogP contribution in [-0.4, -0.2) is 30.9 Å². The van der Waals surface area contributed by atoms with Gasteiger partial charge in [-0.15, -0.1) is 0 Å². The summed E-state index contributed by atoms with van der Waals surface area (Å²) >= 11 is 0. The van der Waals surface area contributed by atoms with E-state index in [1.165, 1.54) is 24.8 Å². The number of furan rings is 1. The van der Waals surface area contributed by atoms with Crippen LogP contribution in [0.5, 0.6) is 11.6 Å². The quantitative estimate of drug-likeness (QED) is 0.469. The highest BCUT2D eigenvalue weighted by atomic mass is 16.6. The molecule has 0 radical (unpaired) electrons. The van der Waals surface area contributed by atoms with Crippen LogP contribution in [0, 0.1) is 6.92 Å². The van der Waals surface area contributed by atoms with Crippen molar-refractivity contribution in [3.8, 4) is 22.9 Å². The van der Waals surface area contributed by atoms with Crippen LogP contribution < -0.4 is 16.0 Å². The number of carbonyl (C=O) groups is 1. The van der Waals surface area contributed by atoms with E-state index < -0.39 is 29.6 Å². The molecule has 4 aromatic rings. The fraction of sp³-hybridized carbons (Fsp3) is 0.280. The van der Waals surface area contributed by atoms with Crippen molar-refractivity contribution in [1.29, 1.82) is 0 Å². The number of carbonyl (C=O) groups excluding carboxylic acids is 1. The molecule has 0 spiro atoms. The van der Waals surface area contributed by atoms with Gasteiger partial charge in [-0.3, -0.25) is 9.36 Å². The van der Waals surface area contributed by atoms with Crippen molar-refractivity contribution in [1.82, 2.24) is 14.1 Å². The van der Waals surface area contributed by atoms with Gasteiger partial charge in [0.2, 0.25) is 5.88 Å². The monoisotopic (exact) mass is 479 g/mol. The normalized spacial score (nSPS) is 11.6. The second-order valence-corrected chi connectivity index (χ2v) is 8.96. The number of rotatable bonds is 4. The lowest BCUT2D eigenvalue weighted by Crippen LogP contribution is -2.46. The summed E-state index contributed by atoms with van der Waals surface area (Å²) in [6.07, 6.45) is 2.04. The first-order valence-electron chi connectivity index (χ1n) is 10.8. The van der Waals surface area contributed by atoms with Crippen molar-refractivity contribution in [3.05, 3.63) is 74.8 Å². The highest BCUT2D eigenvalue weighted by Gasteiger charge is 2.25. The van der Waals surface area contributed by atoms with Gasteiger partial charge >= 0.3 is 11.8 Å². The molecule has 0 saturated carbocycles. The van der Waals surface area contributed by atoms with Crippen molar-refractivity contribution >= 4 is 17.1 Å². The zero-order valence-electron chi connectivity index (χ0n) is 20.0. The molecule has 0 aliphatic heterocycles. The SMILES string of the molecule is Cc1c(-c2ccc(Oc3nccc4occc34)cc2CO)n(C)c(=O)n(C(=O)OC(C)(C)C)c1=O. The molecule has 35 heavy (non-hydrogen) atoms. The summed E-state index contributed by atoms with van der Waals surface area (Å²) in [4.78, 5) is 42.8. The second kappa shape index (κ2) is 8.88. The average molecular weight is 479 g/mol. The smallest absolute Gasteiger partial charge is 0.425 e. The second-order valence-electron chi connectivity index (χ2n) is 8.96. The first-order chi connectivity index (χ1) is 16.5. The summed E-state index contributed by atoms with van der Waals surface area (Å²) in [6.45, 7) is 6.04. The Bertz CT molecular complexity index is 1520. The number of pyridine rings is 1. The maximum atomic E-state index is 13.0. The van der Waals surface area contributed by atoms with Gasteiger partial charge in [0.25, 0.3) is 5.56 Å². The topological polar surface area (TPSA) is 126 Å². The number of benzene rings is 1. The van der Waals surface area contributed by atoms with E-state index in [4.69, 9.17) is 13.9 Å². The molecule has 0 amide bonds. The predicted octanol–water partition coefficient (Wildman–Crippen LogP) is 3.73. The minimum Gasteiger partial charge on any atom is -0.464 e. The molecule has 0 fully saturated rings. The van der Waals surface area contributed by atoms with Crippen LogP contribution in [0.25, 0.3) is 22.2 Å². The number of hydrogen-bond acceptors (Lipinski definition) is 8. The summed E-state index contributed by atoms with van der Waals surface area (Å²) in [6, 6.07) is 8.32. The van der Waals surface area contributed by atoms with Crippen LogP contribution in [-0.2, 0) is 18.4 Å². The number of nitrogens with zero attached hydrogens (tertiary/aromatic N) is 3. The Hall–Kier alpha value is -4.18. The Morgan fingerprint density at radius 2 is 1.91 bits per heavy atom. The van der Waals surface area contributed by atoms with Gasteiger partial charge in [-0.05, 0) is 63.6 Å². The molecule has 0 aliphatic rings. The van der Waals surface area contributed by atoms with Crippen molar-refractivity contribution in [2.24, 2.45) is 7.05 Å². The summed E-state index contributed by atoms with van der Waals surface area (Å²) in [5.74, 6) is 0.722. The van der Waals surface area contributed by atoms with Gasteiger partial charge in [0.1, 0.15) is 16.9 Å². The molecule has 3 aromatic heterocycles. The van der Waals surface area contributed by atoms with Gasteiger partial charge in [-0.2, -0.15) is 4.57 Å². The van der Waals surface area contributed by atoms with Crippen LogP contribution in [0.3, 0.4) is 0 Å². The Morgan fingerprint density at radius 1 is 1.17 bits per heavy atom. The molecule has 10 nitrogen and oxygen atoms in total. The average Bonchev–Trinajstić information content (AvgIpc) is 3.27. The maximum Gasteiger partial charge on any atom is 0.425 e. The minimum atomic E-state index is -1.05. The van der Waals surface area contributed by atoms with Crippen LogP contribution in [0.15, 0.2) is 56.8 Å². The molecular formula is C25H25N3O7. The predicted molar refractivity (Wildman–Crippen MR) is 128 cm³/mol. The molecular weight excluding hydrogens is 454 g/mol. The molecule has 1 aromatic carbocycles. The van der Waals surface area contributed by atoms with Gasteiger partial charge in [0, 0.05) is 24.4 Å². The largest absolute Gasteiger partial charge is 0.464 e. The zero-order valence-corrected chi connectivity index (χ0v) is 20.0. The Morgan fingerprint density at radius 3 is 2.60 bits per heavy atom. The maximum absolute atomic E-state index is 13.0. The Labute approximate surface area is 200 Å². The van der Waals surface area contributed by atoms with Crippen molar-refractivity contribution < 1.29 is 23.8 Å². The molecule has 0 atom stereocenters. The first-order valence-corrected chi connectivity index (χ1v) is 10.8. The number of aliphatic hydroxyl groups excluding tert-OH is 1. The third-order valence-corrected chi connectivity index (χ3v) is 5.33. The van der Waals surface area contributed by atoms with Crippen LogP contribution in [0.1, 0.15) is 31.9 Å². The van der Waals surface area contributed by atoms with E-state index in [1.54, 1.807) is 57.3 Å². The lowest BCUT2D eigenvalue weighted by Gasteiger charge is -2.21. The van der Waals surface area contributed by atoms with Crippen LogP contribution >= 0.6 is 0 Å². The standard InChI is InChI=1S/C25H25N3O7/c1-14-20(27(5)23(31)28(22(14)30)24(32)35-25(2,3)4)17-7-6-16(12-15(17)13-29)34-21-18-9-11-33-19(18)8-10-26-21/h6-12,29H,13H2,1-5H3. The van der Waals surface area contributed by atoms with Gasteiger partial charge in [0.05, 0.1) is 24.0 Å². The minimum absolute atomic E-state index is 0.145. The number of hydrogen-bond donors (Lipinski definition) is 1. The molecule has 0 bridgehead atoms. The Balaban J connectivity index is 1.79. The lowest BCUT2D eigenvalue weighted by atomic mass is 10.0. The van der Waals surface area contributed by atoms with E-state index in [-0.39, 0.29) is 11.3 Å². The van der Waals surface area contributed by atoms with E-state index in [0.29, 0.717) is 38.3 Å². The van der Waals surface area contributed by atoms with E-state index in [1.807, 2.05) is 0 Å². The van der Waals surface area contributed by atoms with E-state index in [9.17, 15) is 19.5 Å². The lowest BCUT2D eigenvalue weighted by molar-refractivity contribution is 0.0520. The van der Waals surface area contributed by atoms with Gasteiger partial charge in [0.15, 0.2) is 0 Å². The Kier molecular flexibility index (Phi) is 6.08. The fourth-order valence-electron chi connectivity index (χ4n) is 3.76. The number of aliphatic hydroxyl groups is 1. The molecule has 3 heterocycles. The van der Waals surface area contributed by atoms with Crippen molar-refractivity contribution in [3.63, 3.8) is 0 Å². The van der Waals surface area contributed by atoms with Gasteiger partial charge < -0.3 is 19.0 Å². The summed E-state index contributed by atoms with van der Waals surface area (Å²) in [5.41, 5.74) is -0.651. The van der Waals surface area contributed by atoms with E-state index >= 15 is 0 Å². The summed E-state index contributed by atoms with van der Waals surface area (Å²) in [7, 11) is 1.44. The van der Waals surface area contributed by atoms with Gasteiger partial charge in [-0.25, -0.2) is 14.6 Å². The fourth-order valence-corrected chi connectivity index (χ4v) is 3.76. The summed E-state index contributed by atoms with van der Waals surface area (Å²) in [5, 5.41) is 10.8.